The molecular weight excluding hydrogens is 316 g/mol. The fraction of sp³-hybridized carbons (Fsp3) is 0.188. The Balaban J connectivity index is 1.97. The maximum Gasteiger partial charge on any atom is 0.273 e. The Labute approximate surface area is 137 Å². The number of benzene rings is 1. The van der Waals surface area contributed by atoms with Crippen molar-refractivity contribution in [3.63, 3.8) is 0 Å². The first-order chi connectivity index (χ1) is 11.1. The first kappa shape index (κ1) is 16.7. The van der Waals surface area contributed by atoms with Crippen molar-refractivity contribution in [2.45, 2.75) is 6.54 Å². The molecule has 0 N–H and O–H groups in total. The summed E-state index contributed by atoms with van der Waals surface area (Å²) in [6.07, 6.45) is 1.65. The number of ether oxygens (including phenoxy) is 1. The highest BCUT2D eigenvalue weighted by Crippen LogP contribution is 2.19. The lowest BCUT2D eigenvalue weighted by molar-refractivity contribution is -0.384. The first-order valence-electron chi connectivity index (χ1n) is 6.88. The largest absolute Gasteiger partial charge is 0.484 e. The summed E-state index contributed by atoms with van der Waals surface area (Å²) in [6.45, 7) is 4.37. The zero-order valence-corrected chi connectivity index (χ0v) is 13.2. The molecule has 2 aromatic rings. The summed E-state index contributed by atoms with van der Waals surface area (Å²) >= 11 is 1.57. The molecule has 0 unspecified atom stereocenters. The monoisotopic (exact) mass is 332 g/mol. The van der Waals surface area contributed by atoms with E-state index in [9.17, 15) is 14.9 Å². The Bertz CT molecular complexity index is 685. The molecule has 0 aliphatic rings. The van der Waals surface area contributed by atoms with Gasteiger partial charge in [-0.3, -0.25) is 14.9 Å². The van der Waals surface area contributed by atoms with Crippen LogP contribution in [0.25, 0.3) is 0 Å². The van der Waals surface area contributed by atoms with Crippen molar-refractivity contribution in [3.05, 3.63) is 69.4 Å². The van der Waals surface area contributed by atoms with Gasteiger partial charge in [0.25, 0.3) is 11.6 Å². The Hall–Kier alpha value is -2.67. The number of thiophene rings is 1. The van der Waals surface area contributed by atoms with Crippen molar-refractivity contribution in [3.8, 4) is 5.75 Å². The van der Waals surface area contributed by atoms with Crippen LogP contribution in [-0.4, -0.2) is 28.9 Å². The van der Waals surface area contributed by atoms with Crippen LogP contribution >= 0.6 is 11.3 Å². The van der Waals surface area contributed by atoms with E-state index in [2.05, 4.69) is 6.58 Å². The third-order valence-electron chi connectivity index (χ3n) is 3.02. The molecule has 0 aliphatic heterocycles. The van der Waals surface area contributed by atoms with Gasteiger partial charge >= 0.3 is 0 Å². The van der Waals surface area contributed by atoms with Crippen molar-refractivity contribution in [2.24, 2.45) is 0 Å². The van der Waals surface area contributed by atoms with Gasteiger partial charge in [-0.2, -0.15) is 0 Å². The SMILES string of the molecule is C=CCN(Cc1cccs1)C(=O)COc1cccc([N+](=O)[O-])c1. The molecule has 0 spiro atoms. The Morgan fingerprint density at radius 1 is 1.39 bits per heavy atom. The zero-order chi connectivity index (χ0) is 16.7. The van der Waals surface area contributed by atoms with Gasteiger partial charge in [0.1, 0.15) is 5.75 Å². The molecule has 6 nitrogen and oxygen atoms in total. The highest BCUT2D eigenvalue weighted by molar-refractivity contribution is 7.09. The lowest BCUT2D eigenvalue weighted by Crippen LogP contribution is -2.34. The quantitative estimate of drug-likeness (QED) is 0.422. The number of carbonyl (C=O) groups is 1. The van der Waals surface area contributed by atoms with Crippen LogP contribution in [0.2, 0.25) is 0 Å². The summed E-state index contributed by atoms with van der Waals surface area (Å²) in [6, 6.07) is 9.65. The minimum absolute atomic E-state index is 0.0727. The molecule has 0 atom stereocenters. The molecule has 0 aliphatic carbocycles. The molecular formula is C16H16N2O4S. The number of hydrogen-bond acceptors (Lipinski definition) is 5. The van der Waals surface area contributed by atoms with Crippen LogP contribution in [0.1, 0.15) is 4.88 Å². The van der Waals surface area contributed by atoms with E-state index < -0.39 is 4.92 Å². The van der Waals surface area contributed by atoms with Crippen molar-refractivity contribution in [2.75, 3.05) is 13.2 Å². The minimum Gasteiger partial charge on any atom is -0.484 e. The van der Waals surface area contributed by atoms with E-state index in [0.717, 1.165) is 4.88 Å². The Morgan fingerprint density at radius 2 is 2.22 bits per heavy atom. The predicted octanol–water partition coefficient (Wildman–Crippen LogP) is 3.25. The third kappa shape index (κ3) is 4.93. The molecule has 0 radical (unpaired) electrons. The molecule has 120 valence electrons. The van der Waals surface area contributed by atoms with Gasteiger partial charge in [-0.15, -0.1) is 17.9 Å². The van der Waals surface area contributed by atoms with E-state index in [1.807, 2.05) is 17.5 Å². The van der Waals surface area contributed by atoms with Crippen molar-refractivity contribution >= 4 is 22.9 Å². The number of nitrogens with zero attached hydrogens (tertiary/aromatic N) is 2. The normalized spacial score (nSPS) is 10.1. The molecule has 2 rings (SSSR count). The van der Waals surface area contributed by atoms with Crippen molar-refractivity contribution < 1.29 is 14.5 Å². The summed E-state index contributed by atoms with van der Waals surface area (Å²) in [5.74, 6) is 0.0898. The second-order valence-electron chi connectivity index (χ2n) is 4.69. The second kappa shape index (κ2) is 8.09. The van der Waals surface area contributed by atoms with Crippen LogP contribution in [0.3, 0.4) is 0 Å². The smallest absolute Gasteiger partial charge is 0.273 e. The lowest BCUT2D eigenvalue weighted by Gasteiger charge is -2.20. The maximum atomic E-state index is 12.3. The highest BCUT2D eigenvalue weighted by atomic mass is 32.1. The van der Waals surface area contributed by atoms with Gasteiger partial charge in [-0.1, -0.05) is 18.2 Å². The van der Waals surface area contributed by atoms with Gasteiger partial charge in [-0.05, 0) is 17.5 Å². The number of amides is 1. The van der Waals surface area contributed by atoms with Gasteiger partial charge in [0, 0.05) is 17.5 Å². The molecule has 1 aromatic carbocycles. The molecule has 1 amide bonds. The summed E-state index contributed by atoms with van der Waals surface area (Å²) in [5.41, 5.74) is -0.0727. The molecule has 7 heteroatoms. The van der Waals surface area contributed by atoms with Gasteiger partial charge in [0.15, 0.2) is 6.61 Å². The van der Waals surface area contributed by atoms with E-state index in [0.29, 0.717) is 18.8 Å². The Morgan fingerprint density at radius 3 is 2.87 bits per heavy atom. The van der Waals surface area contributed by atoms with E-state index in [1.54, 1.807) is 28.4 Å². The highest BCUT2D eigenvalue weighted by Gasteiger charge is 2.15. The average molecular weight is 332 g/mol. The van der Waals surface area contributed by atoms with Crippen LogP contribution in [-0.2, 0) is 11.3 Å². The first-order valence-corrected chi connectivity index (χ1v) is 7.76. The molecule has 0 saturated heterocycles. The summed E-state index contributed by atoms with van der Waals surface area (Å²) in [5, 5.41) is 12.7. The molecule has 0 saturated carbocycles. The van der Waals surface area contributed by atoms with Crippen molar-refractivity contribution in [1.29, 1.82) is 0 Å². The van der Waals surface area contributed by atoms with Gasteiger partial charge < -0.3 is 9.64 Å². The number of carbonyl (C=O) groups excluding carboxylic acids is 1. The Kier molecular flexibility index (Phi) is 5.87. The fourth-order valence-electron chi connectivity index (χ4n) is 1.92. The van der Waals surface area contributed by atoms with Crippen molar-refractivity contribution in [1.82, 2.24) is 4.90 Å². The second-order valence-corrected chi connectivity index (χ2v) is 5.72. The van der Waals surface area contributed by atoms with E-state index >= 15 is 0 Å². The van der Waals surface area contributed by atoms with Gasteiger partial charge in [0.05, 0.1) is 17.5 Å². The topological polar surface area (TPSA) is 72.7 Å². The number of nitro benzene ring substituents is 1. The molecule has 0 fully saturated rings. The molecule has 23 heavy (non-hydrogen) atoms. The third-order valence-corrected chi connectivity index (χ3v) is 3.88. The van der Waals surface area contributed by atoms with Crippen LogP contribution in [0, 0.1) is 10.1 Å². The predicted molar refractivity (Wildman–Crippen MR) is 88.5 cm³/mol. The van der Waals surface area contributed by atoms with Gasteiger partial charge in [-0.25, -0.2) is 0 Å². The van der Waals surface area contributed by atoms with Crippen LogP contribution in [0.4, 0.5) is 5.69 Å². The summed E-state index contributed by atoms with van der Waals surface area (Å²) in [7, 11) is 0. The molecule has 0 bridgehead atoms. The van der Waals surface area contributed by atoms with E-state index in [-0.39, 0.29) is 18.2 Å². The minimum atomic E-state index is -0.504. The molecule has 1 heterocycles. The van der Waals surface area contributed by atoms with Crippen LogP contribution in [0.5, 0.6) is 5.75 Å². The lowest BCUT2D eigenvalue weighted by atomic mass is 10.3. The fourth-order valence-corrected chi connectivity index (χ4v) is 2.64. The van der Waals surface area contributed by atoms with E-state index in [4.69, 9.17) is 4.74 Å². The summed E-state index contributed by atoms with van der Waals surface area (Å²) in [4.78, 5) is 25.2. The van der Waals surface area contributed by atoms with E-state index in [1.165, 1.54) is 18.2 Å². The van der Waals surface area contributed by atoms with Crippen LogP contribution in [0.15, 0.2) is 54.4 Å². The van der Waals surface area contributed by atoms with Gasteiger partial charge in [0.2, 0.25) is 0 Å². The van der Waals surface area contributed by atoms with Crippen LogP contribution < -0.4 is 4.74 Å². The average Bonchev–Trinajstić information content (AvgIpc) is 3.05. The number of hydrogen-bond donors (Lipinski definition) is 0. The number of rotatable bonds is 8. The standard InChI is InChI=1S/C16H16N2O4S/c1-2-8-17(11-15-7-4-9-23-15)16(19)12-22-14-6-3-5-13(10-14)18(20)21/h2-7,9-10H,1,8,11-12H2. The molecule has 1 aromatic heterocycles. The zero-order valence-electron chi connectivity index (χ0n) is 12.4. The number of non-ortho nitro benzene ring substituents is 1. The number of nitro groups is 1. The maximum absolute atomic E-state index is 12.3. The summed E-state index contributed by atoms with van der Waals surface area (Å²) < 4.78 is 5.38.